The summed E-state index contributed by atoms with van der Waals surface area (Å²) in [5.41, 5.74) is 4.20. The topological polar surface area (TPSA) is 174 Å². The molecule has 0 spiro atoms. The van der Waals surface area contributed by atoms with Crippen LogP contribution in [0.5, 0.6) is 0 Å². The molecule has 5 rings (SSSR count). The lowest BCUT2D eigenvalue weighted by atomic mass is 9.98. The first-order chi connectivity index (χ1) is 22.8. The van der Waals surface area contributed by atoms with E-state index in [9.17, 15) is 19.2 Å². The van der Waals surface area contributed by atoms with Crippen LogP contribution >= 0.6 is 0 Å². The summed E-state index contributed by atoms with van der Waals surface area (Å²) in [6, 6.07) is 23.2. The lowest BCUT2D eigenvalue weighted by molar-refractivity contribution is -0.131. The third kappa shape index (κ3) is 8.57. The third-order valence-corrected chi connectivity index (χ3v) is 8.22. The zero-order chi connectivity index (χ0) is 33.2. The summed E-state index contributed by atoms with van der Waals surface area (Å²) in [5.74, 6) is -1.48. The molecule has 0 saturated carbocycles. The van der Waals surface area contributed by atoms with Crippen molar-refractivity contribution in [1.82, 2.24) is 36.6 Å². The molecule has 4 aromatic rings. The summed E-state index contributed by atoms with van der Waals surface area (Å²) < 4.78 is 0. The molecular weight excluding hydrogens is 598 g/mol. The van der Waals surface area contributed by atoms with Crippen molar-refractivity contribution in [3.05, 3.63) is 101 Å². The number of H-pyrrole nitrogens is 1. The number of aromatic amines is 1. The predicted octanol–water partition coefficient (Wildman–Crippen LogP) is 2.28. The molecule has 0 fully saturated rings. The van der Waals surface area contributed by atoms with Crippen LogP contribution in [0.4, 0.5) is 11.4 Å². The van der Waals surface area contributed by atoms with Crippen molar-refractivity contribution in [2.45, 2.75) is 58.3 Å². The average molecular weight is 638 g/mol. The molecule has 3 aromatic carbocycles. The van der Waals surface area contributed by atoms with Gasteiger partial charge in [-0.25, -0.2) is 0 Å². The van der Waals surface area contributed by atoms with Crippen LogP contribution in [0.1, 0.15) is 42.8 Å². The van der Waals surface area contributed by atoms with Gasteiger partial charge in [0.15, 0.2) is 5.82 Å². The number of benzene rings is 3. The molecule has 3 atom stereocenters. The molecule has 4 amide bonds. The number of nitrogens with one attached hydrogen (secondary N) is 5. The number of tetrazole rings is 1. The summed E-state index contributed by atoms with van der Waals surface area (Å²) in [7, 11) is 0. The molecule has 1 aliphatic rings. The smallest absolute Gasteiger partial charge is 0.247 e. The highest BCUT2D eigenvalue weighted by atomic mass is 16.2. The maximum Gasteiger partial charge on any atom is 0.247 e. The van der Waals surface area contributed by atoms with Gasteiger partial charge < -0.3 is 21.3 Å². The zero-order valence-corrected chi connectivity index (χ0v) is 26.4. The summed E-state index contributed by atoms with van der Waals surface area (Å²) >= 11 is 0. The Morgan fingerprint density at radius 3 is 2.34 bits per heavy atom. The monoisotopic (exact) mass is 637 g/mol. The van der Waals surface area contributed by atoms with Gasteiger partial charge in [0.25, 0.3) is 0 Å². The minimum atomic E-state index is -0.860. The molecule has 1 aromatic heterocycles. The first kappa shape index (κ1) is 32.8. The Morgan fingerprint density at radius 1 is 0.936 bits per heavy atom. The number of anilines is 2. The fraction of sp³-hybridized carbons (Fsp3) is 0.324. The number of amides is 4. The van der Waals surface area contributed by atoms with Gasteiger partial charge in [-0.2, -0.15) is 5.21 Å². The minimum Gasteiger partial charge on any atom is -0.381 e. The zero-order valence-electron chi connectivity index (χ0n) is 26.4. The maximum absolute atomic E-state index is 13.8. The van der Waals surface area contributed by atoms with Crippen LogP contribution in [-0.4, -0.2) is 62.9 Å². The average Bonchev–Trinajstić information content (AvgIpc) is 3.76. The Morgan fingerprint density at radius 2 is 1.66 bits per heavy atom. The van der Waals surface area contributed by atoms with E-state index >= 15 is 0 Å². The van der Waals surface area contributed by atoms with Crippen LogP contribution in [0.25, 0.3) is 0 Å². The molecule has 0 radical (unpaired) electrons. The standard InChI is InChI=1S/C34H39N9O4/c1-3-22(2)32(38-30(44)16-23-10-6-4-7-11-23)34(47)37-21-31(45)43-27-15-14-26(35-19-24-12-8-5-9-13-24)17-25(27)18-28(43)33(46)36-20-29-39-41-42-40-29/h4-15,17,22,28,32,35H,3,16,18-21H2,1-2H3,(H,36,46)(H,37,47)(H,38,44)(H,39,40,41,42)/t22-,28-,32-/m0/s1. The van der Waals surface area contributed by atoms with E-state index in [-0.39, 0.29) is 37.8 Å². The van der Waals surface area contributed by atoms with Crippen LogP contribution in [0.15, 0.2) is 78.9 Å². The van der Waals surface area contributed by atoms with Gasteiger partial charge in [0.1, 0.15) is 12.1 Å². The molecule has 13 heteroatoms. The quantitative estimate of drug-likeness (QED) is 0.140. The Hall–Kier alpha value is -5.59. The van der Waals surface area contributed by atoms with Gasteiger partial charge in [-0.15, -0.1) is 10.2 Å². The van der Waals surface area contributed by atoms with Crippen LogP contribution in [0.2, 0.25) is 0 Å². The number of carbonyl (C=O) groups is 4. The van der Waals surface area contributed by atoms with E-state index in [4.69, 9.17) is 0 Å². The number of rotatable bonds is 14. The van der Waals surface area contributed by atoms with E-state index in [0.29, 0.717) is 24.5 Å². The molecule has 47 heavy (non-hydrogen) atoms. The Balaban J connectivity index is 1.28. The Kier molecular flexibility index (Phi) is 10.9. The third-order valence-electron chi connectivity index (χ3n) is 8.22. The molecule has 5 N–H and O–H groups in total. The number of hydrogen-bond acceptors (Lipinski definition) is 8. The van der Waals surface area contributed by atoms with Gasteiger partial charge in [0, 0.05) is 24.3 Å². The Bertz CT molecular complexity index is 1670. The molecule has 244 valence electrons. The molecule has 2 heterocycles. The van der Waals surface area contributed by atoms with E-state index in [2.05, 4.69) is 41.9 Å². The van der Waals surface area contributed by atoms with Crippen molar-refractivity contribution < 1.29 is 19.2 Å². The van der Waals surface area contributed by atoms with Crippen LogP contribution in [-0.2, 0) is 45.1 Å². The van der Waals surface area contributed by atoms with Gasteiger partial charge in [0.05, 0.1) is 19.5 Å². The maximum atomic E-state index is 13.8. The fourth-order valence-electron chi connectivity index (χ4n) is 5.49. The fourth-order valence-corrected chi connectivity index (χ4v) is 5.49. The summed E-state index contributed by atoms with van der Waals surface area (Å²) in [4.78, 5) is 54.8. The van der Waals surface area contributed by atoms with E-state index in [1.54, 1.807) is 6.07 Å². The van der Waals surface area contributed by atoms with Crippen molar-refractivity contribution in [2.75, 3.05) is 16.8 Å². The lowest BCUT2D eigenvalue weighted by Crippen LogP contribution is -2.54. The number of fused-ring (bicyclic) bond motifs is 1. The highest BCUT2D eigenvalue weighted by Crippen LogP contribution is 2.34. The van der Waals surface area contributed by atoms with Crippen molar-refractivity contribution in [3.63, 3.8) is 0 Å². The molecule has 0 bridgehead atoms. The van der Waals surface area contributed by atoms with Crippen molar-refractivity contribution in [2.24, 2.45) is 5.92 Å². The van der Waals surface area contributed by atoms with Crippen molar-refractivity contribution in [1.29, 1.82) is 0 Å². The van der Waals surface area contributed by atoms with E-state index in [1.807, 2.05) is 86.6 Å². The lowest BCUT2D eigenvalue weighted by Gasteiger charge is -2.27. The SMILES string of the molecule is CC[C@H](C)[C@H](NC(=O)Cc1ccccc1)C(=O)NCC(=O)N1c2ccc(NCc3ccccc3)cc2C[C@H]1C(=O)NCc1nn[nH]n1. The highest BCUT2D eigenvalue weighted by molar-refractivity contribution is 6.05. The van der Waals surface area contributed by atoms with Crippen LogP contribution in [0.3, 0.4) is 0 Å². The van der Waals surface area contributed by atoms with Crippen LogP contribution < -0.4 is 26.2 Å². The van der Waals surface area contributed by atoms with Gasteiger partial charge in [-0.1, -0.05) is 86.1 Å². The Labute approximate surface area is 272 Å². The minimum absolute atomic E-state index is 0.0318. The van der Waals surface area contributed by atoms with Crippen LogP contribution in [0, 0.1) is 5.92 Å². The van der Waals surface area contributed by atoms with Gasteiger partial charge >= 0.3 is 0 Å². The second-order valence-corrected chi connectivity index (χ2v) is 11.5. The first-order valence-electron chi connectivity index (χ1n) is 15.7. The number of aromatic nitrogens is 4. The number of nitrogens with zero attached hydrogens (tertiary/aromatic N) is 4. The normalized spacial score (nSPS) is 14.9. The van der Waals surface area contributed by atoms with Gasteiger partial charge in [-0.3, -0.25) is 24.1 Å². The first-order valence-corrected chi connectivity index (χ1v) is 15.7. The highest BCUT2D eigenvalue weighted by Gasteiger charge is 2.39. The van der Waals surface area contributed by atoms with E-state index < -0.39 is 29.8 Å². The van der Waals surface area contributed by atoms with E-state index in [0.717, 1.165) is 22.4 Å². The molecule has 13 nitrogen and oxygen atoms in total. The number of carbonyl (C=O) groups excluding carboxylic acids is 4. The summed E-state index contributed by atoms with van der Waals surface area (Å²) in [5, 5.41) is 25.3. The second-order valence-electron chi connectivity index (χ2n) is 11.5. The molecular formula is C34H39N9O4. The predicted molar refractivity (Wildman–Crippen MR) is 176 cm³/mol. The second kappa shape index (κ2) is 15.6. The molecule has 0 unspecified atom stereocenters. The van der Waals surface area contributed by atoms with Gasteiger partial charge in [-0.05, 0) is 40.8 Å². The largest absolute Gasteiger partial charge is 0.381 e. The summed E-state index contributed by atoms with van der Waals surface area (Å²) in [6.45, 7) is 4.09. The summed E-state index contributed by atoms with van der Waals surface area (Å²) in [6.07, 6.45) is 1.05. The molecule has 1 aliphatic heterocycles. The van der Waals surface area contributed by atoms with Gasteiger partial charge in [0.2, 0.25) is 23.6 Å². The molecule has 0 saturated heterocycles. The molecule has 0 aliphatic carbocycles. The van der Waals surface area contributed by atoms with Crippen molar-refractivity contribution in [3.8, 4) is 0 Å². The van der Waals surface area contributed by atoms with E-state index in [1.165, 1.54) is 4.90 Å². The number of hydrogen-bond donors (Lipinski definition) is 5. The van der Waals surface area contributed by atoms with Crippen molar-refractivity contribution >= 4 is 35.0 Å².